The van der Waals surface area contributed by atoms with Crippen molar-refractivity contribution in [2.75, 3.05) is 18.5 Å². The molecule has 1 N–H and O–H groups in total. The molecule has 0 bridgehead atoms. The summed E-state index contributed by atoms with van der Waals surface area (Å²) in [5, 5.41) is 2.61. The third-order valence-corrected chi connectivity index (χ3v) is 3.35. The van der Waals surface area contributed by atoms with E-state index in [4.69, 9.17) is 21.1 Å². The molecular weight excluding hydrogens is 373 g/mol. The van der Waals surface area contributed by atoms with Crippen LogP contribution in [0, 0.1) is 6.92 Å². The van der Waals surface area contributed by atoms with Gasteiger partial charge in [-0.2, -0.15) is 13.2 Å². The first kappa shape index (κ1) is 20.0. The molecule has 1 amide bonds. The first-order valence-electron chi connectivity index (χ1n) is 7.53. The highest BCUT2D eigenvalue weighted by molar-refractivity contribution is 6.20. The van der Waals surface area contributed by atoms with Crippen molar-refractivity contribution in [1.82, 2.24) is 4.98 Å². The average Bonchev–Trinajstić information content (AvgIpc) is 2.56. The van der Waals surface area contributed by atoms with Crippen LogP contribution in [0.3, 0.4) is 0 Å². The van der Waals surface area contributed by atoms with E-state index >= 15 is 0 Å². The number of ether oxygens (including phenoxy) is 2. The van der Waals surface area contributed by atoms with Gasteiger partial charge in [0.1, 0.15) is 12.2 Å². The molecule has 1 aromatic carbocycles. The van der Waals surface area contributed by atoms with Crippen LogP contribution in [0.5, 0.6) is 5.88 Å². The lowest BCUT2D eigenvalue weighted by molar-refractivity contribution is -0.139. The highest BCUT2D eigenvalue weighted by Gasteiger charge is 2.35. The summed E-state index contributed by atoms with van der Waals surface area (Å²) < 4.78 is 48.6. The molecule has 0 aliphatic rings. The van der Waals surface area contributed by atoms with Gasteiger partial charge in [-0.25, -0.2) is 4.98 Å². The Bertz CT molecular complexity index is 739. The number of hydrogen-bond donors (Lipinski definition) is 1. The number of rotatable bonds is 7. The molecule has 26 heavy (non-hydrogen) atoms. The molecule has 9 heteroatoms. The fraction of sp³-hybridized carbons (Fsp3) is 0.294. The van der Waals surface area contributed by atoms with E-state index in [1.165, 1.54) is 0 Å². The van der Waals surface area contributed by atoms with Crippen LogP contribution in [0.2, 0.25) is 0 Å². The standard InChI is InChI=1S/C17H16ClF3N2O3/c1-11-4-6-12(7-5-11)23-15(24)10-25-9-14(18)26-16-13(17(19,20)21)3-2-8-22-16/h2-8,14H,9-10H2,1H3,(H,23,24). The van der Waals surface area contributed by atoms with Crippen LogP contribution in [-0.4, -0.2) is 29.7 Å². The number of halogens is 4. The molecule has 0 fully saturated rings. The van der Waals surface area contributed by atoms with Crippen LogP contribution < -0.4 is 10.1 Å². The number of aromatic nitrogens is 1. The summed E-state index contributed by atoms with van der Waals surface area (Å²) in [4.78, 5) is 15.3. The van der Waals surface area contributed by atoms with E-state index in [1.54, 1.807) is 12.1 Å². The average molecular weight is 389 g/mol. The van der Waals surface area contributed by atoms with Crippen LogP contribution in [0.25, 0.3) is 0 Å². The van der Waals surface area contributed by atoms with Gasteiger partial charge in [0.15, 0.2) is 5.56 Å². The summed E-state index contributed by atoms with van der Waals surface area (Å²) in [6.45, 7) is 1.30. The number of carbonyl (C=O) groups excluding carboxylic acids is 1. The molecule has 1 atom stereocenters. The summed E-state index contributed by atoms with van der Waals surface area (Å²) in [6, 6.07) is 9.13. The van der Waals surface area contributed by atoms with Gasteiger partial charge in [-0.05, 0) is 31.2 Å². The highest BCUT2D eigenvalue weighted by Crippen LogP contribution is 2.35. The first-order chi connectivity index (χ1) is 12.3. The van der Waals surface area contributed by atoms with Gasteiger partial charge in [0.2, 0.25) is 11.8 Å². The van der Waals surface area contributed by atoms with E-state index in [0.717, 1.165) is 23.9 Å². The monoisotopic (exact) mass is 388 g/mol. The molecule has 1 aromatic heterocycles. The first-order valence-corrected chi connectivity index (χ1v) is 7.96. The topological polar surface area (TPSA) is 60.5 Å². The summed E-state index contributed by atoms with van der Waals surface area (Å²) in [5.41, 5.74) is -0.624. The molecule has 2 rings (SSSR count). The zero-order valence-electron chi connectivity index (χ0n) is 13.7. The second-order valence-electron chi connectivity index (χ2n) is 5.31. The van der Waals surface area contributed by atoms with E-state index in [1.807, 2.05) is 19.1 Å². The molecule has 140 valence electrons. The Morgan fingerprint density at radius 2 is 1.96 bits per heavy atom. The fourth-order valence-electron chi connectivity index (χ4n) is 1.93. The third-order valence-electron chi connectivity index (χ3n) is 3.13. The molecule has 1 unspecified atom stereocenters. The van der Waals surface area contributed by atoms with Crippen molar-refractivity contribution in [3.63, 3.8) is 0 Å². The zero-order chi connectivity index (χ0) is 19.2. The quantitative estimate of drug-likeness (QED) is 0.728. The van der Waals surface area contributed by atoms with Crippen LogP contribution in [-0.2, 0) is 15.7 Å². The number of aryl methyl sites for hydroxylation is 1. The number of carbonyl (C=O) groups is 1. The number of alkyl halides is 4. The number of anilines is 1. The van der Waals surface area contributed by atoms with Crippen molar-refractivity contribution in [1.29, 1.82) is 0 Å². The maximum atomic E-state index is 12.8. The van der Waals surface area contributed by atoms with E-state index in [9.17, 15) is 18.0 Å². The minimum Gasteiger partial charge on any atom is -0.455 e. The molecule has 0 saturated carbocycles. The third kappa shape index (κ3) is 6.20. The lowest BCUT2D eigenvalue weighted by Crippen LogP contribution is -2.24. The second-order valence-corrected chi connectivity index (χ2v) is 5.80. The maximum absolute atomic E-state index is 12.8. The molecule has 0 aliphatic heterocycles. The van der Waals surface area contributed by atoms with E-state index < -0.39 is 29.1 Å². The van der Waals surface area contributed by atoms with Gasteiger partial charge < -0.3 is 14.8 Å². The van der Waals surface area contributed by atoms with Crippen molar-refractivity contribution < 1.29 is 27.4 Å². The number of pyridine rings is 1. The van der Waals surface area contributed by atoms with Gasteiger partial charge in [-0.1, -0.05) is 29.3 Å². The number of hydrogen-bond acceptors (Lipinski definition) is 4. The Morgan fingerprint density at radius 1 is 1.27 bits per heavy atom. The van der Waals surface area contributed by atoms with Gasteiger partial charge in [-0.3, -0.25) is 4.79 Å². The minimum absolute atomic E-state index is 0.295. The Morgan fingerprint density at radius 3 is 2.62 bits per heavy atom. The van der Waals surface area contributed by atoms with Gasteiger partial charge in [0.05, 0.1) is 6.61 Å². The Labute approximate surface area is 153 Å². The number of nitrogens with one attached hydrogen (secondary N) is 1. The van der Waals surface area contributed by atoms with Crippen molar-refractivity contribution in [2.24, 2.45) is 0 Å². The zero-order valence-corrected chi connectivity index (χ0v) is 14.5. The van der Waals surface area contributed by atoms with E-state index in [-0.39, 0.29) is 13.2 Å². The smallest absolute Gasteiger partial charge is 0.421 e. The van der Waals surface area contributed by atoms with Crippen molar-refractivity contribution in [3.8, 4) is 5.88 Å². The van der Waals surface area contributed by atoms with Crippen LogP contribution in [0.1, 0.15) is 11.1 Å². The van der Waals surface area contributed by atoms with Crippen LogP contribution >= 0.6 is 11.6 Å². The van der Waals surface area contributed by atoms with E-state index in [2.05, 4.69) is 10.3 Å². The molecule has 0 spiro atoms. The number of benzene rings is 1. The van der Waals surface area contributed by atoms with Crippen molar-refractivity contribution in [3.05, 3.63) is 53.7 Å². The molecule has 1 heterocycles. The summed E-state index contributed by atoms with van der Waals surface area (Å²) in [5.74, 6) is -1.07. The number of amides is 1. The molecule has 5 nitrogen and oxygen atoms in total. The maximum Gasteiger partial charge on any atom is 0.421 e. The van der Waals surface area contributed by atoms with Gasteiger partial charge >= 0.3 is 6.18 Å². The minimum atomic E-state index is -4.62. The lowest BCUT2D eigenvalue weighted by atomic mass is 10.2. The molecule has 0 aliphatic carbocycles. The Hall–Kier alpha value is -2.32. The summed E-state index contributed by atoms with van der Waals surface area (Å²) in [7, 11) is 0. The Kier molecular flexibility index (Phi) is 6.82. The van der Waals surface area contributed by atoms with Crippen LogP contribution in [0.15, 0.2) is 42.6 Å². The van der Waals surface area contributed by atoms with Crippen molar-refractivity contribution >= 4 is 23.2 Å². The molecule has 0 saturated heterocycles. The molecule has 2 aromatic rings. The van der Waals surface area contributed by atoms with Gasteiger partial charge in [0.25, 0.3) is 0 Å². The summed E-state index contributed by atoms with van der Waals surface area (Å²) in [6.07, 6.45) is -3.46. The fourth-order valence-corrected chi connectivity index (χ4v) is 2.11. The SMILES string of the molecule is Cc1ccc(NC(=O)COCC(Cl)Oc2ncccc2C(F)(F)F)cc1. The predicted octanol–water partition coefficient (Wildman–Crippen LogP) is 4.01. The number of nitrogens with zero attached hydrogens (tertiary/aromatic N) is 1. The van der Waals surface area contributed by atoms with Gasteiger partial charge in [-0.15, -0.1) is 0 Å². The van der Waals surface area contributed by atoms with Crippen LogP contribution in [0.4, 0.5) is 18.9 Å². The molecule has 0 radical (unpaired) electrons. The lowest BCUT2D eigenvalue weighted by Gasteiger charge is -2.16. The highest BCUT2D eigenvalue weighted by atomic mass is 35.5. The predicted molar refractivity (Wildman–Crippen MR) is 90.1 cm³/mol. The molecular formula is C17H16ClF3N2O3. The summed E-state index contributed by atoms with van der Waals surface area (Å²) >= 11 is 5.81. The normalized spacial score (nSPS) is 12.5. The van der Waals surface area contributed by atoms with Gasteiger partial charge in [0, 0.05) is 11.9 Å². The largest absolute Gasteiger partial charge is 0.455 e. The second kappa shape index (κ2) is 8.86. The Balaban J connectivity index is 1.79. The van der Waals surface area contributed by atoms with Crippen molar-refractivity contribution in [2.45, 2.75) is 18.7 Å². The van der Waals surface area contributed by atoms with E-state index in [0.29, 0.717) is 5.69 Å².